The zero-order valence-electron chi connectivity index (χ0n) is 12.8. The van der Waals surface area contributed by atoms with Crippen molar-refractivity contribution < 1.29 is 4.39 Å². The maximum Gasteiger partial charge on any atom is 0.194 e. The monoisotopic (exact) mass is 405 g/mol. The van der Waals surface area contributed by atoms with Gasteiger partial charge in [0.15, 0.2) is 5.96 Å². The van der Waals surface area contributed by atoms with Gasteiger partial charge in [-0.25, -0.2) is 9.38 Å². The van der Waals surface area contributed by atoms with Crippen LogP contribution in [0.5, 0.6) is 0 Å². The molecule has 0 unspecified atom stereocenters. The largest absolute Gasteiger partial charge is 0.357 e. The van der Waals surface area contributed by atoms with Gasteiger partial charge in [0.2, 0.25) is 0 Å². The summed E-state index contributed by atoms with van der Waals surface area (Å²) < 4.78 is 13.6. The van der Waals surface area contributed by atoms with E-state index in [2.05, 4.69) is 29.1 Å². The standard InChI is InChI=1S/C16H24FN3.HI/c1-3-18-16(20-10-8-13(2)9-11-20)19-12-14-6-4-5-7-15(14)17;/h4-7,13H,3,8-12H2,1-2H3,(H,18,19);1H. The second-order valence-corrected chi connectivity index (χ2v) is 5.43. The number of nitrogens with one attached hydrogen (secondary N) is 1. The van der Waals surface area contributed by atoms with Crippen LogP contribution in [-0.4, -0.2) is 30.5 Å². The number of hydrogen-bond acceptors (Lipinski definition) is 1. The number of hydrogen-bond donors (Lipinski definition) is 1. The Morgan fingerprint density at radius 3 is 2.62 bits per heavy atom. The highest BCUT2D eigenvalue weighted by Gasteiger charge is 2.18. The fourth-order valence-corrected chi connectivity index (χ4v) is 2.43. The summed E-state index contributed by atoms with van der Waals surface area (Å²) in [7, 11) is 0. The van der Waals surface area contributed by atoms with Crippen molar-refractivity contribution in [3.05, 3.63) is 35.6 Å². The summed E-state index contributed by atoms with van der Waals surface area (Å²) in [6.07, 6.45) is 2.40. The number of guanidine groups is 1. The smallest absolute Gasteiger partial charge is 0.194 e. The Labute approximate surface area is 144 Å². The van der Waals surface area contributed by atoms with Crippen molar-refractivity contribution in [1.29, 1.82) is 0 Å². The molecule has 1 heterocycles. The quantitative estimate of drug-likeness (QED) is 0.473. The van der Waals surface area contributed by atoms with E-state index in [0.717, 1.165) is 31.5 Å². The molecule has 0 saturated carbocycles. The SMILES string of the molecule is CCNC(=NCc1ccccc1F)N1CCC(C)CC1.I. The van der Waals surface area contributed by atoms with Crippen LogP contribution in [0.1, 0.15) is 32.3 Å². The average molecular weight is 405 g/mol. The third-order valence-corrected chi connectivity index (χ3v) is 3.78. The predicted molar refractivity (Wildman–Crippen MR) is 96.6 cm³/mol. The van der Waals surface area contributed by atoms with Crippen LogP contribution < -0.4 is 5.32 Å². The molecule has 1 fully saturated rings. The van der Waals surface area contributed by atoms with E-state index in [1.807, 2.05) is 6.07 Å². The lowest BCUT2D eigenvalue weighted by Crippen LogP contribution is -2.45. The molecule has 118 valence electrons. The maximum atomic E-state index is 13.6. The first-order chi connectivity index (χ1) is 9.70. The minimum absolute atomic E-state index is 0. The summed E-state index contributed by atoms with van der Waals surface area (Å²) in [4.78, 5) is 6.87. The number of rotatable bonds is 3. The highest BCUT2D eigenvalue weighted by Crippen LogP contribution is 2.16. The number of benzene rings is 1. The van der Waals surface area contributed by atoms with Gasteiger partial charge in [-0.15, -0.1) is 24.0 Å². The van der Waals surface area contributed by atoms with Gasteiger partial charge in [-0.1, -0.05) is 25.1 Å². The fourth-order valence-electron chi connectivity index (χ4n) is 2.43. The first-order valence-corrected chi connectivity index (χ1v) is 7.47. The second-order valence-electron chi connectivity index (χ2n) is 5.43. The van der Waals surface area contributed by atoms with Crippen LogP contribution in [0.2, 0.25) is 0 Å². The normalized spacial score (nSPS) is 16.5. The summed E-state index contributed by atoms with van der Waals surface area (Å²) in [6, 6.07) is 6.84. The van der Waals surface area contributed by atoms with E-state index in [9.17, 15) is 4.39 Å². The van der Waals surface area contributed by atoms with E-state index < -0.39 is 0 Å². The van der Waals surface area contributed by atoms with Crippen molar-refractivity contribution in [2.45, 2.75) is 33.2 Å². The lowest BCUT2D eigenvalue weighted by Gasteiger charge is -2.33. The third kappa shape index (κ3) is 5.45. The molecule has 3 nitrogen and oxygen atoms in total. The number of nitrogens with zero attached hydrogens (tertiary/aromatic N) is 2. The van der Waals surface area contributed by atoms with Gasteiger partial charge in [-0.2, -0.15) is 0 Å². The maximum absolute atomic E-state index is 13.6. The molecule has 5 heteroatoms. The highest BCUT2D eigenvalue weighted by atomic mass is 127. The summed E-state index contributed by atoms with van der Waals surface area (Å²) >= 11 is 0. The Bertz CT molecular complexity index is 457. The van der Waals surface area contributed by atoms with E-state index in [1.165, 1.54) is 18.9 Å². The first kappa shape index (κ1) is 18.2. The van der Waals surface area contributed by atoms with Gasteiger partial charge in [-0.3, -0.25) is 0 Å². The Hall–Kier alpha value is -0.850. The number of halogens is 2. The number of likely N-dealkylation sites (tertiary alicyclic amines) is 1. The molecular weight excluding hydrogens is 380 g/mol. The Morgan fingerprint density at radius 1 is 1.33 bits per heavy atom. The van der Waals surface area contributed by atoms with Gasteiger partial charge >= 0.3 is 0 Å². The highest BCUT2D eigenvalue weighted by molar-refractivity contribution is 14.0. The summed E-state index contributed by atoms with van der Waals surface area (Å²) in [5, 5.41) is 3.31. The zero-order valence-corrected chi connectivity index (χ0v) is 15.1. The van der Waals surface area contributed by atoms with E-state index in [1.54, 1.807) is 12.1 Å². The molecule has 0 spiro atoms. The number of aliphatic imine (C=N–C) groups is 1. The second kappa shape index (κ2) is 9.23. The van der Waals surface area contributed by atoms with Crippen molar-refractivity contribution in [1.82, 2.24) is 10.2 Å². The van der Waals surface area contributed by atoms with Crippen LogP contribution >= 0.6 is 24.0 Å². The van der Waals surface area contributed by atoms with Crippen molar-refractivity contribution in [2.24, 2.45) is 10.9 Å². The average Bonchev–Trinajstić information content (AvgIpc) is 2.46. The minimum atomic E-state index is -0.181. The topological polar surface area (TPSA) is 27.6 Å². The summed E-state index contributed by atoms with van der Waals surface area (Å²) in [6.45, 7) is 7.64. The van der Waals surface area contributed by atoms with Gasteiger partial charge in [0.1, 0.15) is 5.82 Å². The van der Waals surface area contributed by atoms with Crippen LogP contribution in [0.4, 0.5) is 4.39 Å². The van der Waals surface area contributed by atoms with Crippen LogP contribution in [0.3, 0.4) is 0 Å². The zero-order chi connectivity index (χ0) is 14.4. The van der Waals surface area contributed by atoms with Crippen LogP contribution in [0.15, 0.2) is 29.3 Å². The molecule has 0 atom stereocenters. The fraction of sp³-hybridized carbons (Fsp3) is 0.562. The van der Waals surface area contributed by atoms with E-state index in [4.69, 9.17) is 0 Å². The molecule has 0 amide bonds. The van der Waals surface area contributed by atoms with Crippen LogP contribution in [0.25, 0.3) is 0 Å². The Morgan fingerprint density at radius 2 is 2.00 bits per heavy atom. The molecular formula is C16H25FIN3. The van der Waals surface area contributed by atoms with E-state index in [-0.39, 0.29) is 29.8 Å². The predicted octanol–water partition coefficient (Wildman–Crippen LogP) is 3.64. The summed E-state index contributed by atoms with van der Waals surface area (Å²) in [5.41, 5.74) is 0.647. The molecule has 1 aromatic carbocycles. The van der Waals surface area contributed by atoms with Gasteiger partial charge in [0.25, 0.3) is 0 Å². The number of piperidine rings is 1. The lowest BCUT2D eigenvalue weighted by atomic mass is 10.00. The molecule has 21 heavy (non-hydrogen) atoms. The molecule has 1 N–H and O–H groups in total. The molecule has 0 radical (unpaired) electrons. The summed E-state index contributed by atoms with van der Waals surface area (Å²) in [5.74, 6) is 1.52. The van der Waals surface area contributed by atoms with Crippen molar-refractivity contribution in [2.75, 3.05) is 19.6 Å². The van der Waals surface area contributed by atoms with Crippen LogP contribution in [0, 0.1) is 11.7 Å². The first-order valence-electron chi connectivity index (χ1n) is 7.47. The van der Waals surface area contributed by atoms with Crippen LogP contribution in [-0.2, 0) is 6.54 Å². The van der Waals surface area contributed by atoms with Gasteiger partial charge in [0.05, 0.1) is 6.54 Å². The minimum Gasteiger partial charge on any atom is -0.357 e. The van der Waals surface area contributed by atoms with E-state index in [0.29, 0.717) is 12.1 Å². The molecule has 2 rings (SSSR count). The van der Waals surface area contributed by atoms with Gasteiger partial charge < -0.3 is 10.2 Å². The lowest BCUT2D eigenvalue weighted by molar-refractivity contribution is 0.273. The van der Waals surface area contributed by atoms with Crippen molar-refractivity contribution in [3.8, 4) is 0 Å². The molecule has 1 aliphatic rings. The van der Waals surface area contributed by atoms with Crippen molar-refractivity contribution in [3.63, 3.8) is 0 Å². The Kier molecular flexibility index (Phi) is 8.00. The van der Waals surface area contributed by atoms with Gasteiger partial charge in [0, 0.05) is 25.2 Å². The molecule has 1 saturated heterocycles. The van der Waals surface area contributed by atoms with E-state index >= 15 is 0 Å². The van der Waals surface area contributed by atoms with Crippen molar-refractivity contribution >= 4 is 29.9 Å². The van der Waals surface area contributed by atoms with Gasteiger partial charge in [-0.05, 0) is 31.7 Å². The molecule has 1 aliphatic heterocycles. The third-order valence-electron chi connectivity index (χ3n) is 3.78. The molecule has 0 bridgehead atoms. The molecule has 1 aromatic rings. The molecule has 0 aliphatic carbocycles. The molecule has 0 aromatic heterocycles. The Balaban J connectivity index is 0.00000220.